The zero-order valence-electron chi connectivity index (χ0n) is 24.8. The lowest BCUT2D eigenvalue weighted by Gasteiger charge is -2.23. The Hall–Kier alpha value is -4.24. The molecule has 1 unspecified atom stereocenters. The fourth-order valence-electron chi connectivity index (χ4n) is 5.00. The summed E-state index contributed by atoms with van der Waals surface area (Å²) in [5, 5.41) is 26.2. The molecule has 1 aliphatic rings. The van der Waals surface area contributed by atoms with E-state index in [-0.39, 0.29) is 24.1 Å². The maximum atomic E-state index is 14.1. The first-order valence-electron chi connectivity index (χ1n) is 13.7. The molecule has 1 aliphatic carbocycles. The van der Waals surface area contributed by atoms with Crippen molar-refractivity contribution in [3.8, 4) is 17.8 Å². The summed E-state index contributed by atoms with van der Waals surface area (Å²) >= 11 is 6.75. The van der Waals surface area contributed by atoms with Gasteiger partial charge in [-0.3, -0.25) is 4.98 Å². The number of fused-ring (bicyclic) bond motifs is 1. The summed E-state index contributed by atoms with van der Waals surface area (Å²) in [6.07, 6.45) is -0.596. The molecule has 1 saturated carbocycles. The monoisotopic (exact) mass is 610 g/mol. The normalized spacial score (nSPS) is 14.8. The summed E-state index contributed by atoms with van der Waals surface area (Å²) in [4.78, 5) is 8.97. The smallest absolute Gasteiger partial charge is 0.263 e. The molecule has 2 N–H and O–H groups in total. The SMILES string of the molecule is COc1ccc(C(Nc2cc(Cl)c3ncc(C#N)c(NCC(C)(C)C)c3c2)c2nnn(C3(C(F)F)CC3)c2OC)c(C)n1. The van der Waals surface area contributed by atoms with Gasteiger partial charge < -0.3 is 20.1 Å². The third kappa shape index (κ3) is 5.73. The van der Waals surface area contributed by atoms with Crippen LogP contribution in [0.15, 0.2) is 30.5 Å². The molecule has 4 aromatic rings. The lowest BCUT2D eigenvalue weighted by Crippen LogP contribution is -2.27. The number of benzene rings is 1. The molecule has 5 rings (SSSR count). The van der Waals surface area contributed by atoms with E-state index in [2.05, 4.69) is 57.8 Å². The fraction of sp³-hybridized carbons (Fsp3) is 0.433. The van der Waals surface area contributed by atoms with E-state index in [9.17, 15) is 14.0 Å². The van der Waals surface area contributed by atoms with E-state index in [0.29, 0.717) is 62.2 Å². The number of nitrogens with zero attached hydrogens (tertiary/aromatic N) is 6. The van der Waals surface area contributed by atoms with Crippen LogP contribution >= 0.6 is 11.6 Å². The zero-order chi connectivity index (χ0) is 31.1. The summed E-state index contributed by atoms with van der Waals surface area (Å²) in [5.74, 6) is 0.544. The fourth-order valence-corrected chi connectivity index (χ4v) is 5.27. The van der Waals surface area contributed by atoms with E-state index < -0.39 is 18.0 Å². The number of aromatic nitrogens is 5. The van der Waals surface area contributed by atoms with Gasteiger partial charge in [-0.25, -0.2) is 18.4 Å². The van der Waals surface area contributed by atoms with Gasteiger partial charge in [-0.15, -0.1) is 5.10 Å². The number of hydrogen-bond donors (Lipinski definition) is 2. The third-order valence-electron chi connectivity index (χ3n) is 7.48. The molecular formula is C30H33ClF2N8O2. The second kappa shape index (κ2) is 11.4. The number of pyridine rings is 2. The van der Waals surface area contributed by atoms with Crippen LogP contribution in [0, 0.1) is 23.7 Å². The largest absolute Gasteiger partial charge is 0.481 e. The van der Waals surface area contributed by atoms with Gasteiger partial charge in [0.15, 0.2) is 5.69 Å². The predicted octanol–water partition coefficient (Wildman–Crippen LogP) is 6.49. The molecule has 13 heteroatoms. The standard InChI is InChI=1S/C30H33ClF2N8O2/c1-16-19(7-8-22(37-16)42-5)25(26-27(43-6)41(40-39-26)30(9-10-30)28(32)33)38-18-11-20-23(36-15-29(2,3)4)17(13-34)14-35-24(20)21(31)12-18/h7-8,11-12,14,25,28,38H,9-10,15H2,1-6H3,(H,35,36). The van der Waals surface area contributed by atoms with Gasteiger partial charge in [-0.05, 0) is 43.4 Å². The van der Waals surface area contributed by atoms with Crippen LogP contribution in [0.1, 0.15) is 62.2 Å². The average molecular weight is 611 g/mol. The average Bonchev–Trinajstić information content (AvgIpc) is 3.67. The summed E-state index contributed by atoms with van der Waals surface area (Å²) in [5.41, 5.74) is 2.19. The summed E-state index contributed by atoms with van der Waals surface area (Å²) in [6.45, 7) is 8.68. The minimum absolute atomic E-state index is 0.0640. The molecule has 0 saturated heterocycles. The molecule has 1 fully saturated rings. The maximum absolute atomic E-state index is 14.1. The Balaban J connectivity index is 1.66. The van der Waals surface area contributed by atoms with E-state index in [1.54, 1.807) is 12.1 Å². The molecule has 0 spiro atoms. The number of alkyl halides is 2. The van der Waals surface area contributed by atoms with Crippen LogP contribution in [-0.2, 0) is 5.54 Å². The van der Waals surface area contributed by atoms with Crippen LogP contribution in [0.4, 0.5) is 20.2 Å². The van der Waals surface area contributed by atoms with Crippen molar-refractivity contribution in [1.29, 1.82) is 5.26 Å². The van der Waals surface area contributed by atoms with Gasteiger partial charge in [0.1, 0.15) is 17.6 Å². The van der Waals surface area contributed by atoms with Crippen LogP contribution in [-0.4, -0.2) is 52.2 Å². The van der Waals surface area contributed by atoms with Gasteiger partial charge in [0.05, 0.1) is 36.0 Å². The minimum atomic E-state index is -2.63. The molecule has 0 radical (unpaired) electrons. The van der Waals surface area contributed by atoms with Crippen LogP contribution < -0.4 is 20.1 Å². The molecule has 3 aromatic heterocycles. The topological polar surface area (TPSA) is 123 Å². The molecule has 0 aliphatic heterocycles. The van der Waals surface area contributed by atoms with E-state index >= 15 is 0 Å². The first-order chi connectivity index (χ1) is 20.4. The number of nitrogens with one attached hydrogen (secondary N) is 2. The first kappa shape index (κ1) is 30.2. The van der Waals surface area contributed by atoms with Crippen molar-refractivity contribution in [2.24, 2.45) is 5.41 Å². The van der Waals surface area contributed by atoms with Gasteiger partial charge >= 0.3 is 0 Å². The van der Waals surface area contributed by atoms with Crippen molar-refractivity contribution >= 4 is 33.9 Å². The summed E-state index contributed by atoms with van der Waals surface area (Å²) < 4.78 is 40.4. The quantitative estimate of drug-likeness (QED) is 0.207. The highest BCUT2D eigenvalue weighted by Crippen LogP contribution is 2.51. The molecule has 10 nitrogen and oxygen atoms in total. The van der Waals surface area contributed by atoms with Gasteiger partial charge in [-0.1, -0.05) is 37.6 Å². The molecule has 43 heavy (non-hydrogen) atoms. The van der Waals surface area contributed by atoms with Crippen molar-refractivity contribution in [2.75, 3.05) is 31.4 Å². The highest BCUT2D eigenvalue weighted by atomic mass is 35.5. The number of ether oxygens (including phenoxy) is 2. The number of anilines is 2. The number of rotatable bonds is 10. The van der Waals surface area contributed by atoms with E-state index in [4.69, 9.17) is 21.1 Å². The number of hydrogen-bond acceptors (Lipinski definition) is 9. The Morgan fingerprint density at radius 2 is 1.93 bits per heavy atom. The van der Waals surface area contributed by atoms with Crippen molar-refractivity contribution in [3.05, 3.63) is 58.0 Å². The van der Waals surface area contributed by atoms with E-state index in [1.807, 2.05) is 19.1 Å². The minimum Gasteiger partial charge on any atom is -0.481 e. The van der Waals surface area contributed by atoms with Gasteiger partial charge in [-0.2, -0.15) is 5.26 Å². The van der Waals surface area contributed by atoms with E-state index in [0.717, 1.165) is 0 Å². The third-order valence-corrected chi connectivity index (χ3v) is 7.77. The van der Waals surface area contributed by atoms with Crippen LogP contribution in [0.5, 0.6) is 11.8 Å². The molecule has 1 aromatic carbocycles. The van der Waals surface area contributed by atoms with Gasteiger partial charge in [0.25, 0.3) is 6.43 Å². The lowest BCUT2D eigenvalue weighted by molar-refractivity contribution is 0.0545. The van der Waals surface area contributed by atoms with Crippen molar-refractivity contribution in [3.63, 3.8) is 0 Å². The Bertz CT molecular complexity index is 1710. The van der Waals surface area contributed by atoms with Crippen LogP contribution in [0.25, 0.3) is 10.9 Å². The number of nitriles is 1. The highest BCUT2D eigenvalue weighted by molar-refractivity contribution is 6.35. The predicted molar refractivity (Wildman–Crippen MR) is 160 cm³/mol. The first-order valence-corrected chi connectivity index (χ1v) is 14.1. The number of aryl methyl sites for hydroxylation is 1. The molecule has 3 heterocycles. The second-order valence-electron chi connectivity index (χ2n) is 11.8. The maximum Gasteiger partial charge on any atom is 0.263 e. The molecule has 0 bridgehead atoms. The van der Waals surface area contributed by atoms with Crippen LogP contribution in [0.2, 0.25) is 5.02 Å². The van der Waals surface area contributed by atoms with Gasteiger partial charge in [0.2, 0.25) is 11.8 Å². The Kier molecular flexibility index (Phi) is 8.05. The molecule has 0 amide bonds. The lowest BCUT2D eigenvalue weighted by atomic mass is 9.96. The highest BCUT2D eigenvalue weighted by Gasteiger charge is 2.56. The van der Waals surface area contributed by atoms with Crippen molar-refractivity contribution < 1.29 is 18.3 Å². The number of halogens is 3. The van der Waals surface area contributed by atoms with Crippen molar-refractivity contribution in [2.45, 2.75) is 58.5 Å². The number of methoxy groups -OCH3 is 2. The Morgan fingerprint density at radius 1 is 1.19 bits per heavy atom. The Morgan fingerprint density at radius 3 is 2.51 bits per heavy atom. The molecule has 1 atom stereocenters. The van der Waals surface area contributed by atoms with Crippen LogP contribution in [0.3, 0.4) is 0 Å². The summed E-state index contributed by atoms with van der Waals surface area (Å²) in [6, 6.07) is 8.57. The van der Waals surface area contributed by atoms with Crippen molar-refractivity contribution in [1.82, 2.24) is 25.0 Å². The summed E-state index contributed by atoms with van der Waals surface area (Å²) in [7, 11) is 2.93. The van der Waals surface area contributed by atoms with Gasteiger partial charge in [0, 0.05) is 41.1 Å². The molecule has 226 valence electrons. The zero-order valence-corrected chi connectivity index (χ0v) is 25.6. The van der Waals surface area contributed by atoms with E-state index in [1.165, 1.54) is 25.1 Å². The molecular weight excluding hydrogens is 578 g/mol. The second-order valence-corrected chi connectivity index (χ2v) is 12.2. The Labute approximate surface area is 253 Å².